The Morgan fingerprint density at radius 2 is 1.78 bits per heavy atom. The van der Waals surface area contributed by atoms with E-state index in [9.17, 15) is 14.0 Å². The van der Waals surface area contributed by atoms with Crippen molar-refractivity contribution in [3.63, 3.8) is 0 Å². The molecule has 3 rings (SSSR count). The third kappa shape index (κ3) is 5.65. The van der Waals surface area contributed by atoms with Gasteiger partial charge < -0.3 is 20.1 Å². The molecule has 1 saturated carbocycles. The smallest absolute Gasteiger partial charge is 0.251 e. The van der Waals surface area contributed by atoms with Crippen molar-refractivity contribution in [2.75, 3.05) is 13.9 Å². The number of halogens is 1. The molecule has 2 amide bonds. The first-order valence-corrected chi connectivity index (χ1v) is 10.9. The Kier molecular flexibility index (Phi) is 7.51. The number of ether oxygens (including phenoxy) is 2. The van der Waals surface area contributed by atoms with E-state index in [1.54, 1.807) is 31.2 Å². The Labute approximate surface area is 188 Å². The number of hydrogen-bond acceptors (Lipinski definition) is 4. The molecule has 0 aromatic heterocycles. The van der Waals surface area contributed by atoms with Gasteiger partial charge in [-0.3, -0.25) is 9.59 Å². The topological polar surface area (TPSA) is 76.7 Å². The van der Waals surface area contributed by atoms with Crippen LogP contribution in [-0.4, -0.2) is 37.8 Å². The molecule has 2 aromatic rings. The van der Waals surface area contributed by atoms with E-state index in [-0.39, 0.29) is 42.2 Å². The summed E-state index contributed by atoms with van der Waals surface area (Å²) in [5.41, 5.74) is 2.17. The highest BCUT2D eigenvalue weighted by molar-refractivity contribution is 5.98. The maximum absolute atomic E-state index is 14.7. The highest BCUT2D eigenvalue weighted by Crippen LogP contribution is 2.35. The van der Waals surface area contributed by atoms with Gasteiger partial charge in [-0.25, -0.2) is 4.39 Å². The molecule has 2 aromatic carbocycles. The van der Waals surface area contributed by atoms with Gasteiger partial charge in [0.25, 0.3) is 11.8 Å². The van der Waals surface area contributed by atoms with Crippen molar-refractivity contribution in [2.24, 2.45) is 5.92 Å². The third-order valence-corrected chi connectivity index (χ3v) is 5.74. The van der Waals surface area contributed by atoms with E-state index in [1.165, 1.54) is 13.2 Å². The molecule has 32 heavy (non-hydrogen) atoms. The van der Waals surface area contributed by atoms with E-state index >= 15 is 0 Å². The van der Waals surface area contributed by atoms with Crippen LogP contribution < -0.4 is 15.4 Å². The van der Waals surface area contributed by atoms with Crippen LogP contribution in [0.5, 0.6) is 5.75 Å². The van der Waals surface area contributed by atoms with Crippen LogP contribution in [0.15, 0.2) is 30.3 Å². The van der Waals surface area contributed by atoms with E-state index in [2.05, 4.69) is 10.6 Å². The fraction of sp³-hybridized carbons (Fsp3) is 0.440. The molecule has 1 unspecified atom stereocenters. The van der Waals surface area contributed by atoms with Gasteiger partial charge in [0.1, 0.15) is 11.6 Å². The minimum Gasteiger partial charge on any atom is -0.467 e. The van der Waals surface area contributed by atoms with Gasteiger partial charge in [0, 0.05) is 35.9 Å². The second kappa shape index (κ2) is 10.1. The van der Waals surface area contributed by atoms with Crippen LogP contribution in [-0.2, 0) is 4.74 Å². The molecule has 0 spiro atoms. The summed E-state index contributed by atoms with van der Waals surface area (Å²) in [5.74, 6) is -0.337. The standard InChI is InChI=1S/C25H31FN2O4/c1-14(2)16(4)27-24(29)17-6-9-20(23(12-17)32-13-31-5)21-10-18(11-22(26)15(21)3)25(30)28-19-7-8-19/h6,9-12,14,16,19H,7-8,13H2,1-5H3,(H,27,29)(H,28,30). The largest absolute Gasteiger partial charge is 0.467 e. The van der Waals surface area contributed by atoms with Crippen molar-refractivity contribution in [1.82, 2.24) is 10.6 Å². The van der Waals surface area contributed by atoms with Gasteiger partial charge in [0.05, 0.1) is 0 Å². The highest BCUT2D eigenvalue weighted by atomic mass is 19.1. The molecular formula is C25H31FN2O4. The summed E-state index contributed by atoms with van der Waals surface area (Å²) in [6, 6.07) is 8.08. The van der Waals surface area contributed by atoms with Crippen LogP contribution in [0.25, 0.3) is 11.1 Å². The Balaban J connectivity index is 1.99. The average molecular weight is 443 g/mol. The summed E-state index contributed by atoms with van der Waals surface area (Å²) in [6.07, 6.45) is 1.89. The van der Waals surface area contributed by atoms with E-state index < -0.39 is 5.82 Å². The molecule has 172 valence electrons. The molecule has 2 N–H and O–H groups in total. The van der Waals surface area contributed by atoms with Crippen molar-refractivity contribution >= 4 is 11.8 Å². The number of rotatable bonds is 9. The quantitative estimate of drug-likeness (QED) is 0.563. The summed E-state index contributed by atoms with van der Waals surface area (Å²) in [7, 11) is 1.49. The highest BCUT2D eigenvalue weighted by Gasteiger charge is 2.25. The van der Waals surface area contributed by atoms with Crippen LogP contribution in [0.4, 0.5) is 4.39 Å². The molecule has 0 aliphatic heterocycles. The molecule has 7 heteroatoms. The van der Waals surface area contributed by atoms with Gasteiger partial charge in [0.15, 0.2) is 6.79 Å². The number of carbonyl (C=O) groups excluding carboxylic acids is 2. The normalized spacial score (nSPS) is 14.2. The lowest BCUT2D eigenvalue weighted by molar-refractivity contribution is 0.0514. The van der Waals surface area contributed by atoms with Gasteiger partial charge in [0.2, 0.25) is 0 Å². The molecular weight excluding hydrogens is 411 g/mol. The number of methoxy groups -OCH3 is 1. The van der Waals surface area contributed by atoms with Crippen LogP contribution >= 0.6 is 0 Å². The van der Waals surface area contributed by atoms with E-state index in [0.29, 0.717) is 28.0 Å². The van der Waals surface area contributed by atoms with Crippen LogP contribution in [0.3, 0.4) is 0 Å². The molecule has 0 heterocycles. The summed E-state index contributed by atoms with van der Waals surface area (Å²) in [4.78, 5) is 25.2. The third-order valence-electron chi connectivity index (χ3n) is 5.74. The van der Waals surface area contributed by atoms with Crippen LogP contribution in [0.2, 0.25) is 0 Å². The number of hydrogen-bond donors (Lipinski definition) is 2. The fourth-order valence-electron chi connectivity index (χ4n) is 3.17. The lowest BCUT2D eigenvalue weighted by Crippen LogP contribution is -2.36. The Morgan fingerprint density at radius 1 is 1.06 bits per heavy atom. The molecule has 0 saturated heterocycles. The number of benzene rings is 2. The SMILES string of the molecule is COCOc1cc(C(=O)NC(C)C(C)C)ccc1-c1cc(C(=O)NC2CC2)cc(F)c1C. The lowest BCUT2D eigenvalue weighted by atomic mass is 9.95. The van der Waals surface area contributed by atoms with Gasteiger partial charge in [-0.1, -0.05) is 13.8 Å². The monoisotopic (exact) mass is 442 g/mol. The van der Waals surface area contributed by atoms with Crippen molar-refractivity contribution < 1.29 is 23.5 Å². The molecule has 0 radical (unpaired) electrons. The van der Waals surface area contributed by atoms with Gasteiger partial charge in [-0.15, -0.1) is 0 Å². The predicted molar refractivity (Wildman–Crippen MR) is 121 cm³/mol. The zero-order valence-electron chi connectivity index (χ0n) is 19.3. The first-order valence-electron chi connectivity index (χ1n) is 10.9. The zero-order valence-corrected chi connectivity index (χ0v) is 19.3. The molecule has 1 fully saturated rings. The van der Waals surface area contributed by atoms with Gasteiger partial charge >= 0.3 is 0 Å². The number of amides is 2. The molecule has 1 atom stereocenters. The van der Waals surface area contributed by atoms with Crippen molar-refractivity contribution in [3.05, 3.63) is 52.8 Å². The van der Waals surface area contributed by atoms with Crippen LogP contribution in [0.1, 0.15) is 59.9 Å². The molecule has 1 aliphatic carbocycles. The summed E-state index contributed by atoms with van der Waals surface area (Å²) in [6.45, 7) is 7.63. The number of carbonyl (C=O) groups is 2. The first-order chi connectivity index (χ1) is 15.2. The van der Waals surface area contributed by atoms with E-state index in [1.807, 2.05) is 20.8 Å². The average Bonchev–Trinajstić information content (AvgIpc) is 3.57. The van der Waals surface area contributed by atoms with E-state index in [4.69, 9.17) is 9.47 Å². The van der Waals surface area contributed by atoms with E-state index in [0.717, 1.165) is 12.8 Å². The van der Waals surface area contributed by atoms with Crippen molar-refractivity contribution in [3.8, 4) is 16.9 Å². The van der Waals surface area contributed by atoms with Crippen molar-refractivity contribution in [1.29, 1.82) is 0 Å². The molecule has 6 nitrogen and oxygen atoms in total. The Bertz CT molecular complexity index is 1000. The summed E-state index contributed by atoms with van der Waals surface area (Å²) >= 11 is 0. The second-order valence-corrected chi connectivity index (χ2v) is 8.65. The summed E-state index contributed by atoms with van der Waals surface area (Å²) in [5, 5.41) is 5.85. The number of nitrogens with one attached hydrogen (secondary N) is 2. The first kappa shape index (κ1) is 23.7. The zero-order chi connectivity index (χ0) is 23.4. The van der Waals surface area contributed by atoms with Crippen molar-refractivity contribution in [2.45, 2.75) is 52.6 Å². The molecule has 1 aliphatic rings. The Hall–Kier alpha value is -2.93. The van der Waals surface area contributed by atoms with Gasteiger partial charge in [-0.2, -0.15) is 0 Å². The maximum Gasteiger partial charge on any atom is 0.251 e. The Morgan fingerprint density at radius 3 is 2.41 bits per heavy atom. The lowest BCUT2D eigenvalue weighted by Gasteiger charge is -2.19. The van der Waals surface area contributed by atoms with Gasteiger partial charge in [-0.05, 0) is 74.1 Å². The second-order valence-electron chi connectivity index (χ2n) is 8.65. The summed E-state index contributed by atoms with van der Waals surface area (Å²) < 4.78 is 25.5. The minimum absolute atomic E-state index is 0.00326. The van der Waals surface area contributed by atoms with Crippen LogP contribution in [0, 0.1) is 18.7 Å². The predicted octanol–water partition coefficient (Wildman–Crippen LogP) is 4.45. The maximum atomic E-state index is 14.7. The fourth-order valence-corrected chi connectivity index (χ4v) is 3.17. The molecule has 0 bridgehead atoms. The minimum atomic E-state index is -0.478.